The number of carbonyl (C=O) groups is 2. The molecular weight excluding hydrogens is 486 g/mol. The molecule has 3 aliphatic rings. The largest absolute Gasteiger partial charge is 0.480 e. The molecule has 0 aromatic heterocycles. The number of hydrogen-bond donors (Lipinski definition) is 1. The van der Waals surface area contributed by atoms with E-state index in [0.717, 1.165) is 71.5 Å². The third-order valence-corrected chi connectivity index (χ3v) is 9.48. The molecule has 3 aliphatic heterocycles. The molecule has 0 aliphatic carbocycles. The summed E-state index contributed by atoms with van der Waals surface area (Å²) < 4.78 is 0. The molecule has 0 radical (unpaired) electrons. The molecule has 2 aromatic carbocycles. The van der Waals surface area contributed by atoms with Gasteiger partial charge in [-0.2, -0.15) is 0 Å². The number of rotatable bonds is 8. The Morgan fingerprint density at radius 3 is 1.97 bits per heavy atom. The fourth-order valence-corrected chi connectivity index (χ4v) is 7.37. The summed E-state index contributed by atoms with van der Waals surface area (Å²) in [6.45, 7) is 10.2. The van der Waals surface area contributed by atoms with E-state index in [1.165, 1.54) is 11.1 Å². The molecule has 0 spiro atoms. The van der Waals surface area contributed by atoms with Crippen molar-refractivity contribution in [1.82, 2.24) is 14.7 Å². The molecule has 5 rings (SSSR count). The van der Waals surface area contributed by atoms with Crippen LogP contribution in [0.5, 0.6) is 0 Å². The molecule has 0 saturated carbocycles. The Kier molecular flexibility index (Phi) is 9.03. The van der Waals surface area contributed by atoms with Crippen LogP contribution in [-0.4, -0.2) is 83.5 Å². The first kappa shape index (κ1) is 27.9. The second kappa shape index (κ2) is 12.6. The molecule has 1 N–H and O–H groups in total. The van der Waals surface area contributed by atoms with Crippen molar-refractivity contribution in [1.29, 1.82) is 0 Å². The van der Waals surface area contributed by atoms with Gasteiger partial charge < -0.3 is 14.9 Å². The minimum atomic E-state index is -0.718. The molecule has 2 aromatic rings. The summed E-state index contributed by atoms with van der Waals surface area (Å²) in [5, 5.41) is 9.94. The number of likely N-dealkylation sites (tertiary alicyclic amines) is 3. The van der Waals surface area contributed by atoms with Crippen LogP contribution in [0.1, 0.15) is 62.5 Å². The summed E-state index contributed by atoms with van der Waals surface area (Å²) >= 11 is 0. The summed E-state index contributed by atoms with van der Waals surface area (Å²) in [7, 11) is 0. The molecule has 1 amide bonds. The summed E-state index contributed by atoms with van der Waals surface area (Å²) in [4.78, 5) is 32.3. The monoisotopic (exact) mass is 531 g/mol. The van der Waals surface area contributed by atoms with E-state index in [1.54, 1.807) is 0 Å². The van der Waals surface area contributed by atoms with Crippen molar-refractivity contribution in [3.8, 4) is 0 Å². The van der Waals surface area contributed by atoms with Crippen molar-refractivity contribution in [2.24, 2.45) is 17.8 Å². The van der Waals surface area contributed by atoms with E-state index in [9.17, 15) is 14.7 Å². The van der Waals surface area contributed by atoms with Gasteiger partial charge in [-0.05, 0) is 67.7 Å². The Labute approximate surface area is 234 Å². The van der Waals surface area contributed by atoms with Crippen LogP contribution in [0.4, 0.5) is 0 Å². The second-order valence-electron chi connectivity index (χ2n) is 12.3. The third-order valence-electron chi connectivity index (χ3n) is 9.48. The first-order valence-electron chi connectivity index (χ1n) is 15.0. The topological polar surface area (TPSA) is 64.1 Å². The molecule has 0 unspecified atom stereocenters. The highest BCUT2D eigenvalue weighted by Gasteiger charge is 2.41. The van der Waals surface area contributed by atoms with Gasteiger partial charge in [-0.3, -0.25) is 14.5 Å². The zero-order valence-corrected chi connectivity index (χ0v) is 23.6. The number of carboxylic acids is 1. The van der Waals surface area contributed by atoms with E-state index in [2.05, 4.69) is 69.3 Å². The van der Waals surface area contributed by atoms with Crippen molar-refractivity contribution in [3.63, 3.8) is 0 Å². The average Bonchev–Trinajstić information content (AvgIpc) is 3.36. The van der Waals surface area contributed by atoms with E-state index >= 15 is 0 Å². The molecule has 210 valence electrons. The fourth-order valence-electron chi connectivity index (χ4n) is 7.37. The van der Waals surface area contributed by atoms with Gasteiger partial charge in [-0.1, -0.05) is 74.5 Å². The third kappa shape index (κ3) is 6.55. The van der Waals surface area contributed by atoms with Crippen LogP contribution in [0, 0.1) is 17.8 Å². The van der Waals surface area contributed by atoms with Gasteiger partial charge in [0.05, 0.1) is 0 Å². The van der Waals surface area contributed by atoms with Gasteiger partial charge in [-0.25, -0.2) is 0 Å². The molecule has 3 fully saturated rings. The van der Waals surface area contributed by atoms with Crippen LogP contribution in [0.25, 0.3) is 0 Å². The highest BCUT2D eigenvalue weighted by Crippen LogP contribution is 2.36. The number of hydrogen-bond acceptors (Lipinski definition) is 4. The van der Waals surface area contributed by atoms with Crippen molar-refractivity contribution < 1.29 is 14.7 Å². The zero-order chi connectivity index (χ0) is 27.4. The smallest absolute Gasteiger partial charge is 0.321 e. The van der Waals surface area contributed by atoms with Crippen molar-refractivity contribution in [3.05, 3.63) is 71.8 Å². The van der Waals surface area contributed by atoms with Crippen molar-refractivity contribution in [2.45, 2.75) is 57.4 Å². The van der Waals surface area contributed by atoms with Crippen LogP contribution < -0.4 is 0 Å². The maximum Gasteiger partial charge on any atom is 0.321 e. The number of aliphatic carboxylic acids is 1. The number of benzene rings is 2. The van der Waals surface area contributed by atoms with E-state index in [1.807, 2.05) is 19.9 Å². The maximum atomic E-state index is 13.4. The van der Waals surface area contributed by atoms with Crippen molar-refractivity contribution >= 4 is 11.9 Å². The van der Waals surface area contributed by atoms with Crippen LogP contribution in [0.2, 0.25) is 0 Å². The molecule has 6 nitrogen and oxygen atoms in total. The molecular formula is C33H45N3O3. The molecule has 0 bridgehead atoms. The lowest BCUT2D eigenvalue weighted by Gasteiger charge is -2.38. The maximum absolute atomic E-state index is 13.4. The zero-order valence-electron chi connectivity index (χ0n) is 23.6. The lowest BCUT2D eigenvalue weighted by atomic mass is 9.86. The average molecular weight is 532 g/mol. The SMILES string of the molecule is CC(C)[C@H](C(=O)O)N1C[C@H](CN2CCC(C(=O)N3CCC(c4ccccc4)CC3)CC2)[C@@H](c2ccccc2)C1. The van der Waals surface area contributed by atoms with Gasteiger partial charge in [0.1, 0.15) is 6.04 Å². The predicted molar refractivity (Wildman–Crippen MR) is 155 cm³/mol. The number of piperidine rings is 2. The van der Waals surface area contributed by atoms with Crippen molar-refractivity contribution in [2.75, 3.05) is 45.8 Å². The summed E-state index contributed by atoms with van der Waals surface area (Å²) in [5.41, 5.74) is 2.71. The fraction of sp³-hybridized carbons (Fsp3) is 0.576. The van der Waals surface area contributed by atoms with Crippen LogP contribution in [-0.2, 0) is 9.59 Å². The number of carboxylic acid groups (broad SMARTS) is 1. The van der Waals surface area contributed by atoms with E-state index < -0.39 is 12.0 Å². The molecule has 3 heterocycles. The minimum Gasteiger partial charge on any atom is -0.480 e. The number of amides is 1. The highest BCUT2D eigenvalue weighted by molar-refractivity contribution is 5.79. The van der Waals surface area contributed by atoms with E-state index in [4.69, 9.17) is 0 Å². The Morgan fingerprint density at radius 1 is 0.821 bits per heavy atom. The van der Waals surface area contributed by atoms with Gasteiger partial charge in [0.15, 0.2) is 0 Å². The van der Waals surface area contributed by atoms with E-state index in [0.29, 0.717) is 23.7 Å². The first-order chi connectivity index (χ1) is 18.9. The summed E-state index contributed by atoms with van der Waals surface area (Å²) in [6.07, 6.45) is 3.96. The Hall–Kier alpha value is -2.70. The van der Waals surface area contributed by atoms with Gasteiger partial charge >= 0.3 is 5.97 Å². The summed E-state index contributed by atoms with van der Waals surface area (Å²) in [5.74, 6) is 1.13. The number of carbonyl (C=O) groups excluding carboxylic acids is 1. The van der Waals surface area contributed by atoms with Gasteiger partial charge in [0, 0.05) is 44.6 Å². The van der Waals surface area contributed by atoms with Crippen LogP contribution >= 0.6 is 0 Å². The highest BCUT2D eigenvalue weighted by atomic mass is 16.4. The normalized spacial score (nSPS) is 24.7. The van der Waals surface area contributed by atoms with Gasteiger partial charge in [-0.15, -0.1) is 0 Å². The predicted octanol–water partition coefficient (Wildman–Crippen LogP) is 4.93. The molecule has 3 atom stereocenters. The summed E-state index contributed by atoms with van der Waals surface area (Å²) in [6, 6.07) is 20.9. The first-order valence-corrected chi connectivity index (χ1v) is 15.0. The Morgan fingerprint density at radius 2 is 1.41 bits per heavy atom. The molecule has 6 heteroatoms. The molecule has 3 saturated heterocycles. The Balaban J connectivity index is 1.15. The van der Waals surface area contributed by atoms with Crippen LogP contribution in [0.3, 0.4) is 0 Å². The molecule has 39 heavy (non-hydrogen) atoms. The lowest BCUT2D eigenvalue weighted by molar-refractivity contribution is -0.144. The quantitative estimate of drug-likeness (QED) is 0.523. The number of nitrogens with zero attached hydrogens (tertiary/aromatic N) is 3. The minimum absolute atomic E-state index is 0.0668. The standard InChI is InChI=1S/C33H45N3O3/c1-24(2)31(33(38)39)36-22-29(30(23-36)27-11-7-4-8-12-27)21-34-17-13-28(14-18-34)32(37)35-19-15-26(16-20-35)25-9-5-3-6-10-25/h3-12,24,26,28-31H,13-23H2,1-2H3,(H,38,39)/t29-,30+,31+/m0/s1. The van der Waals surface area contributed by atoms with Crippen LogP contribution in [0.15, 0.2) is 60.7 Å². The van der Waals surface area contributed by atoms with E-state index in [-0.39, 0.29) is 11.8 Å². The van der Waals surface area contributed by atoms with Gasteiger partial charge in [0.25, 0.3) is 0 Å². The van der Waals surface area contributed by atoms with Gasteiger partial charge in [0.2, 0.25) is 5.91 Å². The Bertz CT molecular complexity index is 1080. The lowest BCUT2D eigenvalue weighted by Crippen LogP contribution is -2.46. The second-order valence-corrected chi connectivity index (χ2v) is 12.3.